The van der Waals surface area contributed by atoms with Gasteiger partial charge in [0.15, 0.2) is 5.96 Å². The Kier molecular flexibility index (Phi) is 6.58. The number of benzene rings is 1. The highest BCUT2D eigenvalue weighted by Gasteiger charge is 2.31. The molecule has 0 unspecified atom stereocenters. The van der Waals surface area contributed by atoms with Gasteiger partial charge < -0.3 is 15.1 Å². The van der Waals surface area contributed by atoms with Gasteiger partial charge in [0.2, 0.25) is 0 Å². The van der Waals surface area contributed by atoms with Gasteiger partial charge in [0.05, 0.1) is 17.8 Å². The number of nitrogens with zero attached hydrogens (tertiary/aromatic N) is 5. The largest absolute Gasteiger partial charge is 0.416 e. The van der Waals surface area contributed by atoms with Crippen molar-refractivity contribution >= 4 is 11.6 Å². The molecule has 2 aromatic rings. The zero-order valence-electron chi connectivity index (χ0n) is 17.9. The summed E-state index contributed by atoms with van der Waals surface area (Å²) in [7, 11) is 1.92. The summed E-state index contributed by atoms with van der Waals surface area (Å²) in [5.41, 5.74) is 3.19. The number of aromatic nitrogens is 2. The van der Waals surface area contributed by atoms with Crippen LogP contribution in [0.15, 0.2) is 29.3 Å². The van der Waals surface area contributed by atoms with Gasteiger partial charge in [-0.15, -0.1) is 0 Å². The van der Waals surface area contributed by atoms with E-state index in [1.54, 1.807) is 6.07 Å². The topological polar surface area (TPSA) is 48.7 Å². The molecule has 0 radical (unpaired) electrons. The summed E-state index contributed by atoms with van der Waals surface area (Å²) in [6.07, 6.45) is -4.33. The Hall–Kier alpha value is -2.71. The summed E-state index contributed by atoms with van der Waals surface area (Å²) in [5, 5.41) is 7.77. The molecule has 2 heterocycles. The number of anilines is 1. The molecule has 6 nitrogen and oxygen atoms in total. The zero-order valence-corrected chi connectivity index (χ0v) is 17.9. The monoisotopic (exact) mass is 422 g/mol. The molecule has 1 aliphatic rings. The summed E-state index contributed by atoms with van der Waals surface area (Å²) in [6, 6.07) is 5.54. The van der Waals surface area contributed by atoms with Gasteiger partial charge in [-0.1, -0.05) is 6.07 Å². The molecule has 0 saturated carbocycles. The molecule has 0 atom stereocenters. The van der Waals surface area contributed by atoms with Gasteiger partial charge in [-0.05, 0) is 39.0 Å². The van der Waals surface area contributed by atoms with Gasteiger partial charge in [-0.3, -0.25) is 4.68 Å². The van der Waals surface area contributed by atoms with E-state index in [2.05, 4.69) is 15.3 Å². The molecule has 30 heavy (non-hydrogen) atoms. The van der Waals surface area contributed by atoms with Gasteiger partial charge in [0.25, 0.3) is 0 Å². The molecular weight excluding hydrogens is 393 g/mol. The first-order valence-corrected chi connectivity index (χ1v) is 10.1. The number of hydrogen-bond donors (Lipinski definition) is 1. The van der Waals surface area contributed by atoms with Crippen molar-refractivity contribution in [2.75, 3.05) is 37.6 Å². The van der Waals surface area contributed by atoms with E-state index in [4.69, 9.17) is 4.99 Å². The number of hydrogen-bond acceptors (Lipinski definition) is 3. The third-order valence-corrected chi connectivity index (χ3v) is 5.50. The lowest BCUT2D eigenvalue weighted by Crippen LogP contribution is -2.52. The highest BCUT2D eigenvalue weighted by molar-refractivity contribution is 5.80. The van der Waals surface area contributed by atoms with Crippen molar-refractivity contribution in [3.8, 4) is 0 Å². The smallest absolute Gasteiger partial charge is 0.368 e. The van der Waals surface area contributed by atoms with Crippen LogP contribution in [0.4, 0.5) is 18.9 Å². The van der Waals surface area contributed by atoms with Crippen LogP contribution in [0, 0.1) is 13.8 Å². The Bertz CT molecular complexity index is 895. The summed E-state index contributed by atoms with van der Waals surface area (Å²) in [6.45, 7) is 9.98. The van der Waals surface area contributed by atoms with Gasteiger partial charge in [-0.2, -0.15) is 18.3 Å². The summed E-state index contributed by atoms with van der Waals surface area (Å²) in [5.74, 6) is 0.823. The molecule has 3 rings (SSSR count). The number of nitrogens with one attached hydrogen (secondary N) is 1. The molecule has 1 N–H and O–H groups in total. The third kappa shape index (κ3) is 4.88. The minimum atomic E-state index is -4.33. The van der Waals surface area contributed by atoms with Crippen LogP contribution in [0.1, 0.15) is 29.4 Å². The van der Waals surface area contributed by atoms with E-state index in [9.17, 15) is 13.2 Å². The van der Waals surface area contributed by atoms with Crippen LogP contribution in [0.3, 0.4) is 0 Å². The standard InChI is InChI=1S/C21H29F3N6/c1-5-25-20(26-14-19-15(2)27-28(4)16(19)3)30-11-9-29(10-12-30)18-8-6-7-17(13-18)21(22,23)24/h6-8,13H,5,9-12,14H2,1-4H3,(H,25,26). The Morgan fingerprint density at radius 1 is 1.17 bits per heavy atom. The summed E-state index contributed by atoms with van der Waals surface area (Å²) >= 11 is 0. The average Bonchev–Trinajstić information content (AvgIpc) is 2.96. The van der Waals surface area contributed by atoms with Crippen LogP contribution in [-0.4, -0.2) is 53.4 Å². The lowest BCUT2D eigenvalue weighted by Gasteiger charge is -2.38. The first-order chi connectivity index (χ1) is 14.2. The number of piperazine rings is 1. The van der Waals surface area contributed by atoms with E-state index in [-0.39, 0.29) is 0 Å². The second kappa shape index (κ2) is 8.97. The van der Waals surface area contributed by atoms with Crippen molar-refractivity contribution in [3.05, 3.63) is 46.8 Å². The maximum atomic E-state index is 13.0. The van der Waals surface area contributed by atoms with Crippen LogP contribution >= 0.6 is 0 Å². The fourth-order valence-electron chi connectivity index (χ4n) is 3.68. The first kappa shape index (κ1) is 22.0. The molecule has 1 aromatic carbocycles. The molecule has 0 amide bonds. The predicted molar refractivity (Wildman–Crippen MR) is 113 cm³/mol. The van der Waals surface area contributed by atoms with Gasteiger partial charge in [0, 0.05) is 56.7 Å². The van der Waals surface area contributed by atoms with E-state index in [1.165, 1.54) is 12.1 Å². The van der Waals surface area contributed by atoms with E-state index in [0.717, 1.165) is 35.5 Å². The van der Waals surface area contributed by atoms with Crippen LogP contribution in [-0.2, 0) is 19.8 Å². The van der Waals surface area contributed by atoms with E-state index in [0.29, 0.717) is 38.4 Å². The molecule has 9 heteroatoms. The lowest BCUT2D eigenvalue weighted by molar-refractivity contribution is -0.137. The van der Waals surface area contributed by atoms with Crippen LogP contribution in [0.25, 0.3) is 0 Å². The van der Waals surface area contributed by atoms with E-state index < -0.39 is 11.7 Å². The second-order valence-electron chi connectivity index (χ2n) is 7.47. The Morgan fingerprint density at radius 3 is 2.43 bits per heavy atom. The van der Waals surface area contributed by atoms with Crippen molar-refractivity contribution in [1.29, 1.82) is 0 Å². The predicted octanol–water partition coefficient (Wildman–Crippen LogP) is 3.34. The van der Waals surface area contributed by atoms with Crippen molar-refractivity contribution < 1.29 is 13.2 Å². The molecule has 164 valence electrons. The summed E-state index contributed by atoms with van der Waals surface area (Å²) < 4.78 is 40.9. The van der Waals surface area contributed by atoms with Crippen molar-refractivity contribution in [2.45, 2.75) is 33.5 Å². The average molecular weight is 422 g/mol. The number of alkyl halides is 3. The van der Waals surface area contributed by atoms with Crippen molar-refractivity contribution in [3.63, 3.8) is 0 Å². The van der Waals surface area contributed by atoms with Crippen molar-refractivity contribution in [1.82, 2.24) is 20.0 Å². The van der Waals surface area contributed by atoms with E-state index >= 15 is 0 Å². The number of guanidine groups is 1. The third-order valence-electron chi connectivity index (χ3n) is 5.50. The molecule has 0 aliphatic carbocycles. The Labute approximate surface area is 175 Å². The molecule has 0 bridgehead atoms. The van der Waals surface area contributed by atoms with Crippen LogP contribution in [0.5, 0.6) is 0 Å². The normalized spacial score (nSPS) is 15.6. The van der Waals surface area contributed by atoms with Crippen molar-refractivity contribution in [2.24, 2.45) is 12.0 Å². The molecular formula is C21H29F3N6. The van der Waals surface area contributed by atoms with Crippen LogP contribution < -0.4 is 10.2 Å². The highest BCUT2D eigenvalue weighted by atomic mass is 19.4. The number of aliphatic imine (C=N–C) groups is 1. The fourth-order valence-corrected chi connectivity index (χ4v) is 3.68. The number of aryl methyl sites for hydroxylation is 2. The minimum absolute atomic E-state index is 0.543. The molecule has 1 aromatic heterocycles. The maximum Gasteiger partial charge on any atom is 0.416 e. The number of halogens is 3. The van der Waals surface area contributed by atoms with Gasteiger partial charge in [0.1, 0.15) is 0 Å². The van der Waals surface area contributed by atoms with E-state index in [1.807, 2.05) is 37.4 Å². The molecule has 0 spiro atoms. The van der Waals surface area contributed by atoms with Crippen LogP contribution in [0.2, 0.25) is 0 Å². The second-order valence-corrected chi connectivity index (χ2v) is 7.47. The zero-order chi connectivity index (χ0) is 21.9. The number of rotatable bonds is 4. The maximum absolute atomic E-state index is 13.0. The lowest BCUT2D eigenvalue weighted by atomic mass is 10.1. The molecule has 1 aliphatic heterocycles. The highest BCUT2D eigenvalue weighted by Crippen LogP contribution is 2.31. The molecule has 1 fully saturated rings. The quantitative estimate of drug-likeness (QED) is 0.607. The Morgan fingerprint density at radius 2 is 1.87 bits per heavy atom. The molecule has 1 saturated heterocycles. The fraction of sp³-hybridized carbons (Fsp3) is 0.524. The Balaban J connectivity index is 1.68. The van der Waals surface area contributed by atoms with Gasteiger partial charge >= 0.3 is 6.18 Å². The summed E-state index contributed by atoms with van der Waals surface area (Å²) in [4.78, 5) is 8.95. The SMILES string of the molecule is CCNC(=NCc1c(C)nn(C)c1C)N1CCN(c2cccc(C(F)(F)F)c2)CC1. The van der Waals surface area contributed by atoms with Gasteiger partial charge in [-0.25, -0.2) is 4.99 Å². The minimum Gasteiger partial charge on any atom is -0.368 e. The first-order valence-electron chi connectivity index (χ1n) is 10.1.